The molecule has 0 unspecified atom stereocenters. The first-order chi connectivity index (χ1) is 30.6. The van der Waals surface area contributed by atoms with Gasteiger partial charge in [-0.25, -0.2) is 15.0 Å². The van der Waals surface area contributed by atoms with E-state index in [9.17, 15) is 2.74 Å². The van der Waals surface area contributed by atoms with Crippen LogP contribution in [-0.4, -0.2) is 19.5 Å². The highest BCUT2D eigenvalue weighted by atomic mass is 15.0. The van der Waals surface area contributed by atoms with E-state index in [4.69, 9.17) is 23.2 Å². The molecule has 258 valence electrons. The summed E-state index contributed by atoms with van der Waals surface area (Å²) in [4.78, 5) is 15.1. The lowest BCUT2D eigenvalue weighted by molar-refractivity contribution is 1.07. The molecule has 0 radical (unpaired) electrons. The number of fused-ring (bicyclic) bond motifs is 3. The van der Waals surface area contributed by atoms with Crippen LogP contribution in [0.1, 0.15) is 11.0 Å². The molecule has 55 heavy (non-hydrogen) atoms. The summed E-state index contributed by atoms with van der Waals surface area (Å²) >= 11 is 0. The molecule has 4 heteroatoms. The third kappa shape index (κ3) is 6.06. The molecule has 0 bridgehead atoms. The Morgan fingerprint density at radius 2 is 0.764 bits per heavy atom. The fourth-order valence-electron chi connectivity index (χ4n) is 7.08. The van der Waals surface area contributed by atoms with Crippen molar-refractivity contribution >= 4 is 21.8 Å². The smallest absolute Gasteiger partial charge is 0.164 e. The lowest BCUT2D eigenvalue weighted by Gasteiger charge is -2.17. The van der Waals surface area contributed by atoms with Crippen LogP contribution in [0.5, 0.6) is 0 Å². The standard InChI is InChI=1S/C51H34N4/c1-4-16-35(17-5-1)38-22-14-24-40(32-38)43-31-30-42(34-48(43)55-46-28-12-10-26-44(46)45-27-11-13-29-47(45)55)51-53-49(37-20-8-3-9-21-37)52-50(54-51)41-25-15-23-39(33-41)36-18-6-2-7-19-36/h1-34H/i10D,11D,12D,13D,26D,27D,28D,29D. The summed E-state index contributed by atoms with van der Waals surface area (Å²) in [6.45, 7) is 0. The van der Waals surface area contributed by atoms with Crippen molar-refractivity contribution in [2.45, 2.75) is 0 Å². The Labute approximate surface area is 331 Å². The minimum absolute atomic E-state index is 0.00972. The van der Waals surface area contributed by atoms with E-state index in [1.165, 1.54) is 0 Å². The number of aromatic nitrogens is 4. The number of hydrogen-bond donors (Lipinski definition) is 0. The quantitative estimate of drug-likeness (QED) is 0.165. The van der Waals surface area contributed by atoms with Crippen molar-refractivity contribution in [1.82, 2.24) is 19.5 Å². The van der Waals surface area contributed by atoms with Crippen LogP contribution in [0.15, 0.2) is 206 Å². The molecule has 2 aromatic heterocycles. The molecule has 4 nitrogen and oxygen atoms in total. The van der Waals surface area contributed by atoms with Crippen LogP contribution in [0, 0.1) is 0 Å². The van der Waals surface area contributed by atoms with Gasteiger partial charge < -0.3 is 4.57 Å². The molecular weight excluding hydrogens is 669 g/mol. The van der Waals surface area contributed by atoms with Gasteiger partial charge in [0, 0.05) is 33.0 Å². The third-order valence-corrected chi connectivity index (χ3v) is 9.71. The predicted octanol–water partition coefficient (Wildman–Crippen LogP) is 13.0. The summed E-state index contributed by atoms with van der Waals surface area (Å²) in [6.07, 6.45) is 0. The SMILES string of the molecule is [2H]c1c([2H])c([2H])c2c(c1[2H])c1c([2H])c([2H])c([2H])c([2H])c1n2-c1cc(-c2nc(-c3ccccc3)nc(-c3cccc(-c4ccccc4)c3)n2)ccc1-c1cccc(-c2ccccc2)c1. The van der Waals surface area contributed by atoms with Crippen LogP contribution in [0.4, 0.5) is 0 Å². The van der Waals surface area contributed by atoms with Gasteiger partial charge in [-0.05, 0) is 58.1 Å². The van der Waals surface area contributed by atoms with E-state index in [1.807, 2.05) is 158 Å². The summed E-state index contributed by atoms with van der Waals surface area (Å²) in [5, 5.41) is -0.0194. The number of benzene rings is 8. The first-order valence-corrected chi connectivity index (χ1v) is 17.9. The third-order valence-electron chi connectivity index (χ3n) is 9.71. The summed E-state index contributed by atoms with van der Waals surface area (Å²) < 4.78 is 73.2. The fraction of sp³-hybridized carbons (Fsp3) is 0. The zero-order valence-corrected chi connectivity index (χ0v) is 29.3. The van der Waals surface area contributed by atoms with E-state index in [1.54, 1.807) is 4.57 Å². The van der Waals surface area contributed by atoms with Gasteiger partial charge in [0.05, 0.1) is 27.7 Å². The van der Waals surface area contributed by atoms with Crippen molar-refractivity contribution in [3.8, 4) is 73.2 Å². The van der Waals surface area contributed by atoms with E-state index >= 15 is 0 Å². The van der Waals surface area contributed by atoms with Gasteiger partial charge in [-0.2, -0.15) is 0 Å². The Morgan fingerprint density at radius 1 is 0.345 bits per heavy atom. The minimum atomic E-state index is -0.508. The van der Waals surface area contributed by atoms with Crippen molar-refractivity contribution in [3.63, 3.8) is 0 Å². The van der Waals surface area contributed by atoms with Gasteiger partial charge in [-0.3, -0.25) is 0 Å². The number of nitrogens with zero attached hydrogens (tertiary/aromatic N) is 4. The largest absolute Gasteiger partial charge is 0.309 e. The average Bonchev–Trinajstić information content (AvgIpc) is 3.71. The van der Waals surface area contributed by atoms with E-state index < -0.39 is 36.3 Å². The van der Waals surface area contributed by atoms with Gasteiger partial charge in [-0.15, -0.1) is 0 Å². The van der Waals surface area contributed by atoms with Crippen LogP contribution in [0.3, 0.4) is 0 Å². The summed E-state index contributed by atoms with van der Waals surface area (Å²) in [5.41, 5.74) is 7.81. The number of para-hydroxylation sites is 2. The molecule has 10 rings (SSSR count). The molecular formula is C51H34N4. The lowest BCUT2D eigenvalue weighted by atomic mass is 9.96. The fourth-order valence-corrected chi connectivity index (χ4v) is 7.08. The Morgan fingerprint density at radius 3 is 1.33 bits per heavy atom. The van der Waals surface area contributed by atoms with E-state index in [0.29, 0.717) is 34.3 Å². The molecule has 0 saturated carbocycles. The first kappa shape index (κ1) is 24.7. The molecule has 0 amide bonds. The van der Waals surface area contributed by atoms with Gasteiger partial charge in [0.15, 0.2) is 17.5 Å². The number of hydrogen-bond acceptors (Lipinski definition) is 3. The molecule has 0 aliphatic carbocycles. The maximum Gasteiger partial charge on any atom is 0.164 e. The Hall–Kier alpha value is -7.43. The van der Waals surface area contributed by atoms with E-state index in [2.05, 4.69) is 0 Å². The van der Waals surface area contributed by atoms with Gasteiger partial charge in [0.1, 0.15) is 0 Å². The van der Waals surface area contributed by atoms with Crippen molar-refractivity contribution in [2.24, 2.45) is 0 Å². The Kier molecular flexibility index (Phi) is 6.23. The summed E-state index contributed by atoms with van der Waals surface area (Å²) in [6, 6.07) is 47.4. The van der Waals surface area contributed by atoms with Crippen LogP contribution >= 0.6 is 0 Å². The van der Waals surface area contributed by atoms with Crippen molar-refractivity contribution in [3.05, 3.63) is 206 Å². The minimum Gasteiger partial charge on any atom is -0.309 e. The van der Waals surface area contributed by atoms with Crippen molar-refractivity contribution in [2.75, 3.05) is 0 Å². The summed E-state index contributed by atoms with van der Waals surface area (Å²) in [7, 11) is 0. The van der Waals surface area contributed by atoms with E-state index in [-0.39, 0.29) is 33.9 Å². The highest BCUT2D eigenvalue weighted by Gasteiger charge is 2.19. The average molecular weight is 711 g/mol. The van der Waals surface area contributed by atoms with E-state index in [0.717, 1.165) is 38.9 Å². The molecule has 0 aliphatic heterocycles. The monoisotopic (exact) mass is 710 g/mol. The molecule has 0 saturated heterocycles. The highest BCUT2D eigenvalue weighted by Crippen LogP contribution is 2.39. The molecule has 0 spiro atoms. The molecule has 0 fully saturated rings. The van der Waals surface area contributed by atoms with Gasteiger partial charge in [-0.1, -0.05) is 176 Å². The second kappa shape index (κ2) is 13.8. The second-order valence-corrected chi connectivity index (χ2v) is 13.1. The van der Waals surface area contributed by atoms with Gasteiger partial charge >= 0.3 is 0 Å². The zero-order valence-electron chi connectivity index (χ0n) is 37.3. The first-order valence-electron chi connectivity index (χ1n) is 21.9. The number of rotatable bonds is 7. The lowest BCUT2D eigenvalue weighted by Crippen LogP contribution is -2.02. The van der Waals surface area contributed by atoms with Crippen molar-refractivity contribution < 1.29 is 11.0 Å². The van der Waals surface area contributed by atoms with Crippen LogP contribution in [0.2, 0.25) is 0 Å². The molecule has 2 heterocycles. The Balaban J connectivity index is 1.30. The van der Waals surface area contributed by atoms with Crippen LogP contribution in [0.25, 0.3) is 95.0 Å². The second-order valence-electron chi connectivity index (χ2n) is 13.1. The molecule has 0 N–H and O–H groups in total. The maximum atomic E-state index is 9.30. The molecule has 0 aliphatic rings. The molecule has 0 atom stereocenters. The zero-order chi connectivity index (χ0) is 43.5. The topological polar surface area (TPSA) is 43.6 Å². The summed E-state index contributed by atoms with van der Waals surface area (Å²) in [5.74, 6) is 1.18. The normalized spacial score (nSPS) is 13.3. The maximum absolute atomic E-state index is 9.30. The van der Waals surface area contributed by atoms with Crippen LogP contribution < -0.4 is 0 Å². The molecule has 10 aromatic rings. The molecule has 8 aromatic carbocycles. The van der Waals surface area contributed by atoms with Gasteiger partial charge in [0.2, 0.25) is 0 Å². The predicted molar refractivity (Wildman–Crippen MR) is 227 cm³/mol. The highest BCUT2D eigenvalue weighted by molar-refractivity contribution is 6.10. The van der Waals surface area contributed by atoms with Crippen LogP contribution in [-0.2, 0) is 0 Å². The van der Waals surface area contributed by atoms with Crippen molar-refractivity contribution in [1.29, 1.82) is 0 Å². The van der Waals surface area contributed by atoms with Gasteiger partial charge in [0.25, 0.3) is 0 Å². The Bertz CT molecular complexity index is 3350.